The highest BCUT2D eigenvalue weighted by molar-refractivity contribution is 5.80. The largest absolute Gasteiger partial charge is 0.388 e. The van der Waals surface area contributed by atoms with Crippen molar-refractivity contribution in [2.75, 3.05) is 0 Å². The average molecular weight is 184 g/mol. The minimum atomic E-state index is -0.967. The molecule has 4 nitrogen and oxygen atoms in total. The maximum Gasteiger partial charge on any atom is 0.237 e. The van der Waals surface area contributed by atoms with Crippen LogP contribution >= 0.6 is 0 Å². The van der Waals surface area contributed by atoms with Crippen LogP contribution in [0.5, 0.6) is 0 Å². The number of hydrogen-bond donors (Lipinski definition) is 2. The quantitative estimate of drug-likeness (QED) is 0.667. The highest BCUT2D eigenvalue weighted by Crippen LogP contribution is 2.08. The fourth-order valence-electron chi connectivity index (χ4n) is 0.574. The summed E-state index contributed by atoms with van der Waals surface area (Å²) in [4.78, 5) is 11.2. The number of carbonyl (C=O) groups is 1. The second-order valence-corrected chi connectivity index (χ2v) is 3.73. The van der Waals surface area contributed by atoms with Crippen molar-refractivity contribution >= 4 is 5.91 Å². The fraction of sp³-hybridized carbons (Fsp3) is 0.778. The van der Waals surface area contributed by atoms with Gasteiger partial charge >= 0.3 is 0 Å². The van der Waals surface area contributed by atoms with Gasteiger partial charge < -0.3 is 10.4 Å². The molecule has 0 aliphatic carbocycles. The maximum absolute atomic E-state index is 11.2. The topological polar surface area (TPSA) is 73.1 Å². The van der Waals surface area contributed by atoms with Gasteiger partial charge in [-0.3, -0.25) is 4.79 Å². The van der Waals surface area contributed by atoms with Crippen LogP contribution in [-0.4, -0.2) is 22.7 Å². The van der Waals surface area contributed by atoms with E-state index in [1.54, 1.807) is 20.8 Å². The standard InChI is InChI=1S/C9H16N2O2/c1-6(5-10)8(12)11-7(2)9(3,4)13/h6-7,13H,1-4H3,(H,11,12). The molecular weight excluding hydrogens is 168 g/mol. The van der Waals surface area contributed by atoms with Crippen LogP contribution in [0, 0.1) is 17.2 Å². The van der Waals surface area contributed by atoms with Crippen LogP contribution < -0.4 is 5.32 Å². The lowest BCUT2D eigenvalue weighted by molar-refractivity contribution is -0.125. The van der Waals surface area contributed by atoms with E-state index >= 15 is 0 Å². The summed E-state index contributed by atoms with van der Waals surface area (Å²) in [6, 6.07) is 1.46. The van der Waals surface area contributed by atoms with E-state index in [0.717, 1.165) is 0 Å². The van der Waals surface area contributed by atoms with Gasteiger partial charge in [-0.1, -0.05) is 0 Å². The van der Waals surface area contributed by atoms with E-state index in [1.165, 1.54) is 6.92 Å². The van der Waals surface area contributed by atoms with Crippen molar-refractivity contribution in [2.45, 2.75) is 39.3 Å². The second kappa shape index (κ2) is 4.24. The van der Waals surface area contributed by atoms with Gasteiger partial charge in [0.25, 0.3) is 0 Å². The lowest BCUT2D eigenvalue weighted by Crippen LogP contribution is -2.48. The molecule has 4 heteroatoms. The summed E-state index contributed by atoms with van der Waals surface area (Å²) in [7, 11) is 0. The van der Waals surface area contributed by atoms with Crippen molar-refractivity contribution in [3.63, 3.8) is 0 Å². The maximum atomic E-state index is 11.2. The van der Waals surface area contributed by atoms with E-state index in [0.29, 0.717) is 0 Å². The van der Waals surface area contributed by atoms with Gasteiger partial charge in [0.15, 0.2) is 0 Å². The molecule has 0 aromatic carbocycles. The molecule has 0 fully saturated rings. The molecule has 0 aliphatic heterocycles. The van der Waals surface area contributed by atoms with Crippen molar-refractivity contribution < 1.29 is 9.90 Å². The Kier molecular flexibility index (Phi) is 3.89. The van der Waals surface area contributed by atoms with E-state index in [-0.39, 0.29) is 11.9 Å². The molecular formula is C9H16N2O2. The fourth-order valence-corrected chi connectivity index (χ4v) is 0.574. The SMILES string of the molecule is CC(C#N)C(=O)NC(C)C(C)(C)O. The van der Waals surface area contributed by atoms with Gasteiger partial charge in [0.05, 0.1) is 17.7 Å². The van der Waals surface area contributed by atoms with Gasteiger partial charge in [-0.2, -0.15) is 5.26 Å². The van der Waals surface area contributed by atoms with Crippen molar-refractivity contribution in [2.24, 2.45) is 5.92 Å². The average Bonchev–Trinajstić information content (AvgIpc) is 2.01. The van der Waals surface area contributed by atoms with Crippen molar-refractivity contribution in [3.05, 3.63) is 0 Å². The Morgan fingerprint density at radius 1 is 1.54 bits per heavy atom. The Hall–Kier alpha value is -1.08. The minimum absolute atomic E-state index is 0.350. The van der Waals surface area contributed by atoms with E-state index in [4.69, 9.17) is 5.26 Å². The number of rotatable bonds is 3. The molecule has 1 amide bonds. The number of nitrogens with zero attached hydrogens (tertiary/aromatic N) is 1. The first-order valence-electron chi connectivity index (χ1n) is 4.21. The van der Waals surface area contributed by atoms with E-state index in [2.05, 4.69) is 5.32 Å². The zero-order valence-corrected chi connectivity index (χ0v) is 8.46. The zero-order valence-electron chi connectivity index (χ0n) is 8.46. The van der Waals surface area contributed by atoms with E-state index in [9.17, 15) is 9.90 Å². The van der Waals surface area contributed by atoms with Crippen LogP contribution in [-0.2, 0) is 4.79 Å². The molecule has 0 rings (SSSR count). The summed E-state index contributed by atoms with van der Waals surface area (Å²) in [5, 5.41) is 20.5. The molecule has 0 saturated carbocycles. The molecule has 2 atom stereocenters. The molecule has 13 heavy (non-hydrogen) atoms. The number of nitrogens with one attached hydrogen (secondary N) is 1. The Labute approximate surface area is 78.6 Å². The lowest BCUT2D eigenvalue weighted by Gasteiger charge is -2.26. The first-order valence-corrected chi connectivity index (χ1v) is 4.21. The molecule has 0 bridgehead atoms. The summed E-state index contributed by atoms with van der Waals surface area (Å²) in [5.41, 5.74) is -0.967. The van der Waals surface area contributed by atoms with Gasteiger partial charge in [-0.15, -0.1) is 0 Å². The molecule has 2 N–H and O–H groups in total. The van der Waals surface area contributed by atoms with E-state index in [1.807, 2.05) is 6.07 Å². The predicted octanol–water partition coefficient (Wildman–Crippen LogP) is 0.422. The summed E-state index contributed by atoms with van der Waals surface area (Å²) in [6.07, 6.45) is 0. The van der Waals surface area contributed by atoms with Crippen LogP contribution in [0.1, 0.15) is 27.7 Å². The van der Waals surface area contributed by atoms with Crippen molar-refractivity contribution in [1.29, 1.82) is 5.26 Å². The first kappa shape index (κ1) is 11.9. The lowest BCUT2D eigenvalue weighted by atomic mass is 10.00. The molecule has 74 valence electrons. The molecule has 0 aliphatic rings. The Bertz CT molecular complexity index is 225. The number of amides is 1. The Morgan fingerprint density at radius 3 is 2.31 bits per heavy atom. The molecule has 0 heterocycles. The van der Waals surface area contributed by atoms with Crippen LogP contribution in [0.4, 0.5) is 0 Å². The van der Waals surface area contributed by atoms with E-state index < -0.39 is 11.5 Å². The third-order valence-corrected chi connectivity index (χ3v) is 2.01. The summed E-state index contributed by atoms with van der Waals surface area (Å²) in [5.74, 6) is -1.03. The molecule has 0 aromatic rings. The van der Waals surface area contributed by atoms with Crippen molar-refractivity contribution in [3.8, 4) is 6.07 Å². The van der Waals surface area contributed by atoms with Crippen LogP contribution in [0.15, 0.2) is 0 Å². The second-order valence-electron chi connectivity index (χ2n) is 3.73. The first-order chi connectivity index (χ1) is 5.79. The highest BCUT2D eigenvalue weighted by atomic mass is 16.3. The van der Waals surface area contributed by atoms with Crippen LogP contribution in [0.25, 0.3) is 0 Å². The van der Waals surface area contributed by atoms with Gasteiger partial charge in [-0.05, 0) is 27.7 Å². The summed E-state index contributed by atoms with van der Waals surface area (Å²) < 4.78 is 0. The Morgan fingerprint density at radius 2 is 2.00 bits per heavy atom. The number of carbonyl (C=O) groups excluding carboxylic acids is 1. The molecule has 0 radical (unpaired) electrons. The predicted molar refractivity (Wildman–Crippen MR) is 48.7 cm³/mol. The third kappa shape index (κ3) is 3.90. The summed E-state index contributed by atoms with van der Waals surface area (Å²) in [6.45, 7) is 6.43. The molecule has 2 unspecified atom stereocenters. The van der Waals surface area contributed by atoms with Crippen molar-refractivity contribution in [1.82, 2.24) is 5.32 Å². The third-order valence-electron chi connectivity index (χ3n) is 2.01. The van der Waals surface area contributed by atoms with Gasteiger partial charge in [0, 0.05) is 0 Å². The number of nitriles is 1. The van der Waals surface area contributed by atoms with Gasteiger partial charge in [0.2, 0.25) is 5.91 Å². The number of aliphatic hydroxyl groups is 1. The molecule has 0 spiro atoms. The molecule has 0 aromatic heterocycles. The minimum Gasteiger partial charge on any atom is -0.388 e. The van der Waals surface area contributed by atoms with Gasteiger partial charge in [-0.25, -0.2) is 0 Å². The monoisotopic (exact) mass is 184 g/mol. The molecule has 0 saturated heterocycles. The highest BCUT2D eigenvalue weighted by Gasteiger charge is 2.25. The van der Waals surface area contributed by atoms with Gasteiger partial charge in [0.1, 0.15) is 5.92 Å². The van der Waals surface area contributed by atoms with Crippen LogP contribution in [0.3, 0.4) is 0 Å². The zero-order chi connectivity index (χ0) is 10.6. The smallest absolute Gasteiger partial charge is 0.237 e. The summed E-state index contributed by atoms with van der Waals surface area (Å²) >= 11 is 0. The van der Waals surface area contributed by atoms with Crippen LogP contribution in [0.2, 0.25) is 0 Å². The normalized spacial score (nSPS) is 15.7. The number of hydrogen-bond acceptors (Lipinski definition) is 3. The Balaban J connectivity index is 4.17.